The fourth-order valence-corrected chi connectivity index (χ4v) is 2.81. The monoisotopic (exact) mass is 325 g/mol. The van der Waals surface area contributed by atoms with Crippen LogP contribution in [0.1, 0.15) is 18.5 Å². The molecule has 0 bridgehead atoms. The molecule has 3 N–H and O–H groups in total. The fraction of sp³-hybridized carbons (Fsp3) is 0.562. The summed E-state index contributed by atoms with van der Waals surface area (Å²) in [4.78, 5) is 14.3. The van der Waals surface area contributed by atoms with Gasteiger partial charge < -0.3 is 15.8 Å². The summed E-state index contributed by atoms with van der Waals surface area (Å²) in [5, 5.41) is 3.72. The molecule has 2 unspecified atom stereocenters. The van der Waals surface area contributed by atoms with Crippen molar-refractivity contribution in [3.63, 3.8) is 0 Å². The first-order chi connectivity index (χ1) is 10.6. The Hall–Kier alpha value is -1.14. The molecule has 5 nitrogen and oxygen atoms in total. The molecule has 0 aliphatic carbocycles. The number of carbonyl (C=O) groups excluding carboxylic acids is 1. The first kappa shape index (κ1) is 17.2. The van der Waals surface area contributed by atoms with Crippen molar-refractivity contribution in [3.8, 4) is 0 Å². The number of morpholine rings is 1. The van der Waals surface area contributed by atoms with Crippen LogP contribution in [0.15, 0.2) is 24.3 Å². The molecule has 1 fully saturated rings. The number of hydrogen-bond donors (Lipinski definition) is 2. The molecule has 0 radical (unpaired) electrons. The van der Waals surface area contributed by atoms with E-state index < -0.39 is 0 Å². The van der Waals surface area contributed by atoms with E-state index in [4.69, 9.17) is 22.1 Å². The van der Waals surface area contributed by atoms with E-state index in [2.05, 4.69) is 10.2 Å². The van der Waals surface area contributed by atoms with Gasteiger partial charge >= 0.3 is 0 Å². The van der Waals surface area contributed by atoms with Crippen LogP contribution in [0, 0.1) is 5.92 Å². The van der Waals surface area contributed by atoms with E-state index in [1.165, 1.54) is 0 Å². The van der Waals surface area contributed by atoms with Gasteiger partial charge in [0.25, 0.3) is 0 Å². The van der Waals surface area contributed by atoms with Crippen molar-refractivity contribution in [1.29, 1.82) is 0 Å². The van der Waals surface area contributed by atoms with Gasteiger partial charge in [-0.3, -0.25) is 9.69 Å². The highest BCUT2D eigenvalue weighted by Crippen LogP contribution is 2.27. The number of benzene rings is 1. The van der Waals surface area contributed by atoms with Crippen molar-refractivity contribution < 1.29 is 9.53 Å². The highest BCUT2D eigenvalue weighted by molar-refractivity contribution is 6.31. The maximum atomic E-state index is 12.0. The van der Waals surface area contributed by atoms with Crippen molar-refractivity contribution in [2.75, 3.05) is 39.4 Å². The smallest absolute Gasteiger partial charge is 0.224 e. The van der Waals surface area contributed by atoms with Crippen LogP contribution in [-0.2, 0) is 9.53 Å². The topological polar surface area (TPSA) is 67.6 Å². The molecule has 2 atom stereocenters. The number of carbonyl (C=O) groups is 1. The van der Waals surface area contributed by atoms with Gasteiger partial charge in [0, 0.05) is 37.1 Å². The standard InChI is InChI=1S/C16H24ClN3O2/c1-12(10-18)16(21)19-11-15(20-6-8-22-9-7-20)13-4-2-3-5-14(13)17/h2-5,12,15H,6-11,18H2,1H3,(H,19,21). The van der Waals surface area contributed by atoms with Crippen LogP contribution >= 0.6 is 11.6 Å². The average Bonchev–Trinajstić information content (AvgIpc) is 2.56. The SMILES string of the molecule is CC(CN)C(=O)NCC(c1ccccc1Cl)N1CCOCC1. The van der Waals surface area contributed by atoms with Gasteiger partial charge in [-0.05, 0) is 11.6 Å². The van der Waals surface area contributed by atoms with Crippen LogP contribution in [0.4, 0.5) is 0 Å². The predicted molar refractivity (Wildman–Crippen MR) is 87.8 cm³/mol. The molecule has 22 heavy (non-hydrogen) atoms. The molecule has 1 heterocycles. The van der Waals surface area contributed by atoms with Crippen molar-refractivity contribution >= 4 is 17.5 Å². The quantitative estimate of drug-likeness (QED) is 0.830. The normalized spacial score (nSPS) is 18.7. The maximum Gasteiger partial charge on any atom is 0.224 e. The fourth-order valence-electron chi connectivity index (χ4n) is 2.55. The Morgan fingerprint density at radius 2 is 2.09 bits per heavy atom. The Morgan fingerprint density at radius 3 is 2.73 bits per heavy atom. The Morgan fingerprint density at radius 1 is 1.41 bits per heavy atom. The number of nitrogens with two attached hydrogens (primary N) is 1. The minimum Gasteiger partial charge on any atom is -0.379 e. The lowest BCUT2D eigenvalue weighted by atomic mass is 10.0. The molecular weight excluding hydrogens is 302 g/mol. The first-order valence-corrected chi connectivity index (χ1v) is 8.05. The van der Waals surface area contributed by atoms with Gasteiger partial charge in [0.1, 0.15) is 0 Å². The lowest BCUT2D eigenvalue weighted by Gasteiger charge is -2.35. The van der Waals surface area contributed by atoms with Gasteiger partial charge in [-0.2, -0.15) is 0 Å². The molecular formula is C16H24ClN3O2. The van der Waals surface area contributed by atoms with Crippen molar-refractivity contribution in [3.05, 3.63) is 34.9 Å². The van der Waals surface area contributed by atoms with Gasteiger partial charge in [0.2, 0.25) is 5.91 Å². The van der Waals surface area contributed by atoms with E-state index in [9.17, 15) is 4.79 Å². The predicted octanol–water partition coefficient (Wildman–Crippen LogP) is 1.42. The molecule has 6 heteroatoms. The molecule has 0 saturated carbocycles. The second-order valence-electron chi connectivity index (χ2n) is 5.57. The molecule has 1 amide bonds. The van der Waals surface area contributed by atoms with Gasteiger partial charge in [-0.25, -0.2) is 0 Å². The molecule has 1 aliphatic rings. The lowest BCUT2D eigenvalue weighted by molar-refractivity contribution is -0.124. The molecule has 1 saturated heterocycles. The number of nitrogens with one attached hydrogen (secondary N) is 1. The van der Waals surface area contributed by atoms with Gasteiger partial charge in [-0.15, -0.1) is 0 Å². The number of amides is 1. The minimum absolute atomic E-state index is 0.0205. The van der Waals surface area contributed by atoms with Crippen LogP contribution in [0.2, 0.25) is 5.02 Å². The third-order valence-electron chi connectivity index (χ3n) is 4.02. The second kappa shape index (κ2) is 8.48. The Labute approximate surface area is 136 Å². The summed E-state index contributed by atoms with van der Waals surface area (Å²) in [6, 6.07) is 7.83. The summed E-state index contributed by atoms with van der Waals surface area (Å²) in [6.45, 7) is 5.76. The molecule has 1 aromatic carbocycles. The maximum absolute atomic E-state index is 12.0. The minimum atomic E-state index is -0.184. The van der Waals surface area contributed by atoms with E-state index >= 15 is 0 Å². The number of halogens is 1. The van der Waals surface area contributed by atoms with Gasteiger partial charge in [0.05, 0.1) is 19.3 Å². The van der Waals surface area contributed by atoms with E-state index in [0.29, 0.717) is 26.3 Å². The number of hydrogen-bond acceptors (Lipinski definition) is 4. The van der Waals surface area contributed by atoms with Crippen LogP contribution in [0.5, 0.6) is 0 Å². The summed E-state index contributed by atoms with van der Waals surface area (Å²) in [6.07, 6.45) is 0. The Kier molecular flexibility index (Phi) is 6.64. The van der Waals surface area contributed by atoms with Crippen molar-refractivity contribution in [2.45, 2.75) is 13.0 Å². The van der Waals surface area contributed by atoms with Crippen molar-refractivity contribution in [2.24, 2.45) is 11.7 Å². The molecule has 0 spiro atoms. The lowest BCUT2D eigenvalue weighted by Crippen LogP contribution is -2.45. The second-order valence-corrected chi connectivity index (χ2v) is 5.97. The number of ether oxygens (including phenoxy) is 1. The third-order valence-corrected chi connectivity index (χ3v) is 4.37. The molecule has 1 aromatic rings. The summed E-state index contributed by atoms with van der Waals surface area (Å²) >= 11 is 6.35. The summed E-state index contributed by atoms with van der Waals surface area (Å²) < 4.78 is 5.42. The molecule has 1 aliphatic heterocycles. The number of nitrogens with zero attached hydrogens (tertiary/aromatic N) is 1. The van der Waals surface area contributed by atoms with Crippen LogP contribution in [0.25, 0.3) is 0 Å². The Balaban J connectivity index is 2.11. The number of rotatable bonds is 6. The third kappa shape index (κ3) is 4.43. The zero-order chi connectivity index (χ0) is 15.9. The van der Waals surface area contributed by atoms with Gasteiger partial charge in [0.15, 0.2) is 0 Å². The largest absolute Gasteiger partial charge is 0.379 e. The molecule has 0 aromatic heterocycles. The van der Waals surface area contributed by atoms with E-state index in [1.807, 2.05) is 31.2 Å². The zero-order valence-corrected chi connectivity index (χ0v) is 13.7. The van der Waals surface area contributed by atoms with Crippen LogP contribution < -0.4 is 11.1 Å². The zero-order valence-electron chi connectivity index (χ0n) is 12.9. The summed E-state index contributed by atoms with van der Waals surface area (Å²) in [7, 11) is 0. The van der Waals surface area contributed by atoms with E-state index in [-0.39, 0.29) is 17.9 Å². The van der Waals surface area contributed by atoms with Crippen LogP contribution in [-0.4, -0.2) is 50.2 Å². The average molecular weight is 326 g/mol. The molecule has 122 valence electrons. The molecule has 2 rings (SSSR count). The first-order valence-electron chi connectivity index (χ1n) is 7.67. The van der Waals surface area contributed by atoms with E-state index in [1.54, 1.807) is 0 Å². The Bertz CT molecular complexity index is 492. The highest BCUT2D eigenvalue weighted by Gasteiger charge is 2.25. The summed E-state index contributed by atoms with van der Waals surface area (Å²) in [5.41, 5.74) is 6.58. The van der Waals surface area contributed by atoms with Gasteiger partial charge in [-0.1, -0.05) is 36.7 Å². The van der Waals surface area contributed by atoms with Crippen LogP contribution in [0.3, 0.4) is 0 Å². The summed E-state index contributed by atoms with van der Waals surface area (Å²) in [5.74, 6) is -0.204. The van der Waals surface area contributed by atoms with Crippen molar-refractivity contribution in [1.82, 2.24) is 10.2 Å². The highest BCUT2D eigenvalue weighted by atomic mass is 35.5. The van der Waals surface area contributed by atoms with E-state index in [0.717, 1.165) is 23.7 Å².